The van der Waals surface area contributed by atoms with Gasteiger partial charge in [0.25, 0.3) is 0 Å². The van der Waals surface area contributed by atoms with Gasteiger partial charge in [0, 0.05) is 19.0 Å². The first-order valence-corrected chi connectivity index (χ1v) is 6.69. The molecule has 90 valence electrons. The Morgan fingerprint density at radius 2 is 1.75 bits per heavy atom. The van der Waals surface area contributed by atoms with E-state index < -0.39 is 0 Å². The molecule has 1 aliphatic carbocycles. The van der Waals surface area contributed by atoms with Gasteiger partial charge in [-0.3, -0.25) is 0 Å². The van der Waals surface area contributed by atoms with Crippen LogP contribution in [-0.4, -0.2) is 19.3 Å². The molecule has 3 nitrogen and oxygen atoms in total. The highest BCUT2D eigenvalue weighted by Crippen LogP contribution is 2.30. The molecule has 1 heterocycles. The van der Waals surface area contributed by atoms with Gasteiger partial charge in [-0.25, -0.2) is 0 Å². The van der Waals surface area contributed by atoms with Crippen LogP contribution in [0.25, 0.3) is 0 Å². The molecule has 0 aromatic rings. The molecule has 1 saturated carbocycles. The molecule has 0 aromatic heterocycles. The average Bonchev–Trinajstić information content (AvgIpc) is 2.39. The van der Waals surface area contributed by atoms with E-state index in [9.17, 15) is 0 Å². The minimum absolute atomic E-state index is 0.322. The molecule has 16 heavy (non-hydrogen) atoms. The van der Waals surface area contributed by atoms with Gasteiger partial charge in [0.2, 0.25) is 0 Å². The maximum absolute atomic E-state index is 8.87. The van der Waals surface area contributed by atoms with Crippen LogP contribution in [0.3, 0.4) is 0 Å². The minimum Gasteiger partial charge on any atom is -0.301 e. The molecule has 0 atom stereocenters. The SMILES string of the molecule is CCC1CNC(C2CCC(C#N)CC2)NC1. The van der Waals surface area contributed by atoms with Gasteiger partial charge in [-0.15, -0.1) is 0 Å². The Kier molecular flexibility index (Phi) is 4.20. The van der Waals surface area contributed by atoms with Gasteiger partial charge < -0.3 is 10.6 Å². The quantitative estimate of drug-likeness (QED) is 0.748. The van der Waals surface area contributed by atoms with Crippen LogP contribution in [0.1, 0.15) is 39.0 Å². The largest absolute Gasteiger partial charge is 0.301 e. The fraction of sp³-hybridized carbons (Fsp3) is 0.923. The number of rotatable bonds is 2. The van der Waals surface area contributed by atoms with E-state index in [1.165, 1.54) is 19.3 Å². The first kappa shape index (κ1) is 11.9. The molecular weight excluding hydrogens is 198 g/mol. The van der Waals surface area contributed by atoms with Gasteiger partial charge in [0.1, 0.15) is 0 Å². The van der Waals surface area contributed by atoms with Crippen molar-refractivity contribution >= 4 is 0 Å². The standard InChI is InChI=1S/C13H23N3/c1-2-10-8-15-13(16-9-10)12-5-3-11(7-14)4-6-12/h10-13,15-16H,2-6,8-9H2,1H3. The van der Waals surface area contributed by atoms with E-state index in [2.05, 4.69) is 23.6 Å². The summed E-state index contributed by atoms with van der Waals surface area (Å²) in [5.74, 6) is 1.86. The first-order chi connectivity index (χ1) is 7.83. The molecule has 0 radical (unpaired) electrons. The lowest BCUT2D eigenvalue weighted by molar-refractivity contribution is 0.175. The fourth-order valence-electron chi connectivity index (χ4n) is 2.94. The predicted molar refractivity (Wildman–Crippen MR) is 64.6 cm³/mol. The molecule has 0 spiro atoms. The Bertz CT molecular complexity index is 242. The number of nitrogens with one attached hydrogen (secondary N) is 2. The van der Waals surface area contributed by atoms with E-state index in [-0.39, 0.29) is 0 Å². The number of nitrogens with zero attached hydrogens (tertiary/aromatic N) is 1. The molecule has 0 bridgehead atoms. The summed E-state index contributed by atoms with van der Waals surface area (Å²) in [5.41, 5.74) is 0. The van der Waals surface area contributed by atoms with Crippen molar-refractivity contribution in [3.8, 4) is 6.07 Å². The molecular formula is C13H23N3. The van der Waals surface area contributed by atoms with Crippen molar-refractivity contribution in [1.82, 2.24) is 10.6 Å². The molecule has 2 N–H and O–H groups in total. The first-order valence-electron chi connectivity index (χ1n) is 6.69. The summed E-state index contributed by atoms with van der Waals surface area (Å²) < 4.78 is 0. The summed E-state index contributed by atoms with van der Waals surface area (Å²) >= 11 is 0. The van der Waals surface area contributed by atoms with Crippen LogP contribution in [0, 0.1) is 29.1 Å². The predicted octanol–water partition coefficient (Wildman–Crippen LogP) is 1.86. The monoisotopic (exact) mass is 221 g/mol. The van der Waals surface area contributed by atoms with Gasteiger partial charge in [0.05, 0.1) is 12.2 Å². The van der Waals surface area contributed by atoms with Crippen molar-refractivity contribution in [1.29, 1.82) is 5.26 Å². The van der Waals surface area contributed by atoms with Crippen molar-refractivity contribution in [3.05, 3.63) is 0 Å². The highest BCUT2D eigenvalue weighted by molar-refractivity contribution is 4.91. The van der Waals surface area contributed by atoms with Crippen LogP contribution in [0.15, 0.2) is 0 Å². The van der Waals surface area contributed by atoms with Crippen LogP contribution in [-0.2, 0) is 0 Å². The zero-order valence-corrected chi connectivity index (χ0v) is 10.2. The Hall–Kier alpha value is -0.590. The lowest BCUT2D eigenvalue weighted by Crippen LogP contribution is -2.56. The maximum Gasteiger partial charge on any atom is 0.0655 e. The van der Waals surface area contributed by atoms with Crippen LogP contribution >= 0.6 is 0 Å². The van der Waals surface area contributed by atoms with Crippen molar-refractivity contribution in [2.45, 2.75) is 45.2 Å². The second kappa shape index (κ2) is 5.65. The second-order valence-electron chi connectivity index (χ2n) is 5.31. The van der Waals surface area contributed by atoms with Gasteiger partial charge in [-0.1, -0.05) is 13.3 Å². The molecule has 0 unspecified atom stereocenters. The maximum atomic E-state index is 8.87. The Labute approximate surface area is 98.6 Å². The van der Waals surface area contributed by atoms with E-state index >= 15 is 0 Å². The van der Waals surface area contributed by atoms with Gasteiger partial charge >= 0.3 is 0 Å². The Morgan fingerprint density at radius 3 is 2.25 bits per heavy atom. The summed E-state index contributed by atoms with van der Waals surface area (Å²) in [6.07, 6.45) is 6.37. The number of hydrogen-bond donors (Lipinski definition) is 2. The van der Waals surface area contributed by atoms with E-state index in [1.54, 1.807) is 0 Å². The van der Waals surface area contributed by atoms with Crippen LogP contribution in [0.2, 0.25) is 0 Å². The summed E-state index contributed by atoms with van der Waals surface area (Å²) in [6, 6.07) is 2.40. The third-order valence-corrected chi connectivity index (χ3v) is 4.26. The van der Waals surface area contributed by atoms with Gasteiger partial charge in [-0.05, 0) is 37.5 Å². The zero-order valence-electron chi connectivity index (χ0n) is 10.2. The molecule has 2 aliphatic rings. The summed E-state index contributed by atoms with van der Waals surface area (Å²) in [4.78, 5) is 0. The van der Waals surface area contributed by atoms with Crippen molar-refractivity contribution in [2.24, 2.45) is 17.8 Å². The molecule has 1 aliphatic heterocycles. The molecule has 2 fully saturated rings. The van der Waals surface area contributed by atoms with Crippen molar-refractivity contribution in [3.63, 3.8) is 0 Å². The van der Waals surface area contributed by atoms with E-state index in [1.807, 2.05) is 0 Å². The summed E-state index contributed by atoms with van der Waals surface area (Å²) in [7, 11) is 0. The van der Waals surface area contributed by atoms with E-state index in [4.69, 9.17) is 5.26 Å². The third kappa shape index (κ3) is 2.75. The van der Waals surface area contributed by atoms with Crippen molar-refractivity contribution in [2.75, 3.05) is 13.1 Å². The Balaban J connectivity index is 1.76. The Morgan fingerprint density at radius 1 is 1.12 bits per heavy atom. The van der Waals surface area contributed by atoms with Crippen LogP contribution < -0.4 is 10.6 Å². The lowest BCUT2D eigenvalue weighted by atomic mass is 9.80. The molecule has 3 heteroatoms. The molecule has 0 aromatic carbocycles. The highest BCUT2D eigenvalue weighted by atomic mass is 15.2. The van der Waals surface area contributed by atoms with Crippen LogP contribution in [0.4, 0.5) is 0 Å². The smallest absolute Gasteiger partial charge is 0.0655 e. The second-order valence-corrected chi connectivity index (χ2v) is 5.31. The third-order valence-electron chi connectivity index (χ3n) is 4.26. The van der Waals surface area contributed by atoms with E-state index in [0.29, 0.717) is 12.1 Å². The summed E-state index contributed by atoms with van der Waals surface area (Å²) in [6.45, 7) is 4.57. The molecule has 2 rings (SSSR count). The fourth-order valence-corrected chi connectivity index (χ4v) is 2.94. The zero-order chi connectivity index (χ0) is 11.4. The number of hydrogen-bond acceptors (Lipinski definition) is 3. The molecule has 0 amide bonds. The number of nitriles is 1. The van der Waals surface area contributed by atoms with E-state index in [0.717, 1.165) is 37.8 Å². The highest BCUT2D eigenvalue weighted by Gasteiger charge is 2.29. The topological polar surface area (TPSA) is 47.9 Å². The minimum atomic E-state index is 0.322. The normalized spacial score (nSPS) is 40.2. The average molecular weight is 221 g/mol. The molecule has 1 saturated heterocycles. The lowest BCUT2D eigenvalue weighted by Gasteiger charge is -2.38. The van der Waals surface area contributed by atoms with Gasteiger partial charge in [-0.2, -0.15) is 5.26 Å². The van der Waals surface area contributed by atoms with Crippen LogP contribution in [0.5, 0.6) is 0 Å². The van der Waals surface area contributed by atoms with Crippen molar-refractivity contribution < 1.29 is 0 Å². The summed E-state index contributed by atoms with van der Waals surface area (Å²) in [5, 5.41) is 16.1. The van der Waals surface area contributed by atoms with Gasteiger partial charge in [0.15, 0.2) is 0 Å².